The van der Waals surface area contributed by atoms with E-state index in [4.69, 9.17) is 4.74 Å². The number of imidazole rings is 1. The van der Waals surface area contributed by atoms with Crippen LogP contribution >= 0.6 is 11.8 Å². The van der Waals surface area contributed by atoms with Gasteiger partial charge in [-0.15, -0.1) is 11.8 Å². The van der Waals surface area contributed by atoms with E-state index in [9.17, 15) is 18.0 Å². The van der Waals surface area contributed by atoms with Gasteiger partial charge in [-0.1, -0.05) is 6.07 Å². The molecule has 0 saturated carbocycles. The minimum absolute atomic E-state index is 0.0123. The molecule has 1 aromatic heterocycles. The number of ketones is 1. The molecule has 6 nitrogen and oxygen atoms in total. The number of nitrogens with one attached hydrogen (secondary N) is 1. The molecule has 6 rings (SSSR count). The van der Waals surface area contributed by atoms with Crippen molar-refractivity contribution in [3.05, 3.63) is 40.9 Å². The number of benzene rings is 1. The summed E-state index contributed by atoms with van der Waals surface area (Å²) >= 11 is 2.00. The Hall–Kier alpha value is -2.17. The van der Waals surface area contributed by atoms with Crippen molar-refractivity contribution in [3.63, 3.8) is 0 Å². The Labute approximate surface area is 211 Å². The maximum Gasteiger partial charge on any atom is 0.418 e. The molecule has 4 heterocycles. The van der Waals surface area contributed by atoms with Gasteiger partial charge < -0.3 is 9.72 Å². The highest BCUT2D eigenvalue weighted by molar-refractivity contribution is 8.00. The standard InChI is InChI=1S/C26H29F3N4O2S/c27-26(28,29)19-2-1-3-21-25(19)32-24(31-21)11-17(34)10-15-12-33(16-7-9-35-14-16)13-23(15)36-22-5-4-20-18(22)6-8-30-20/h1-3,8,15-16,22-23H,4-7,9-14H2,(H,31,32)/t15?,16?,22?,23-/m0/s1. The molecule has 0 bridgehead atoms. The number of rotatable bonds is 7. The summed E-state index contributed by atoms with van der Waals surface area (Å²) in [6, 6.07) is 4.34. The zero-order valence-electron chi connectivity index (χ0n) is 19.9. The number of aromatic nitrogens is 2. The van der Waals surface area contributed by atoms with Gasteiger partial charge in [0.05, 0.1) is 24.1 Å². The minimum Gasteiger partial charge on any atom is -0.380 e. The molecule has 4 aliphatic rings. The zero-order chi connectivity index (χ0) is 24.9. The summed E-state index contributed by atoms with van der Waals surface area (Å²) in [6.07, 6.45) is 2.03. The molecule has 0 amide bonds. The summed E-state index contributed by atoms with van der Waals surface area (Å²) in [5, 5.41) is 0.792. The lowest BCUT2D eigenvalue weighted by Gasteiger charge is -2.23. The molecule has 1 N–H and O–H groups in total. The molecule has 1 aromatic carbocycles. The third kappa shape index (κ3) is 4.75. The first-order valence-electron chi connectivity index (χ1n) is 12.6. The lowest BCUT2D eigenvalue weighted by Crippen LogP contribution is -2.34. The van der Waals surface area contributed by atoms with E-state index in [0.717, 1.165) is 58.1 Å². The number of allylic oxidation sites excluding steroid dienone is 1. The molecule has 10 heteroatoms. The normalized spacial score (nSPS) is 28.6. The second-order valence-corrected chi connectivity index (χ2v) is 11.7. The number of hydrogen-bond donors (Lipinski definition) is 1. The fourth-order valence-electron chi connectivity index (χ4n) is 6.08. The largest absolute Gasteiger partial charge is 0.418 e. The number of carbonyl (C=O) groups excluding carboxylic acids is 1. The van der Waals surface area contributed by atoms with Crippen molar-refractivity contribution in [3.8, 4) is 0 Å². The van der Waals surface area contributed by atoms with Crippen LogP contribution < -0.4 is 0 Å². The molecular weight excluding hydrogens is 489 g/mol. The Morgan fingerprint density at radius 1 is 1.25 bits per heavy atom. The van der Waals surface area contributed by atoms with Gasteiger partial charge in [0.1, 0.15) is 17.1 Å². The fraction of sp³-hybridized carbons (Fsp3) is 0.577. The van der Waals surface area contributed by atoms with Gasteiger partial charge in [0.25, 0.3) is 0 Å². The Kier molecular flexibility index (Phi) is 6.46. The van der Waals surface area contributed by atoms with E-state index in [2.05, 4.69) is 19.9 Å². The maximum atomic E-state index is 13.4. The Balaban J connectivity index is 1.16. The molecule has 0 spiro atoms. The number of alkyl halides is 3. The third-order valence-corrected chi connectivity index (χ3v) is 9.59. The van der Waals surface area contributed by atoms with Gasteiger partial charge in [-0.2, -0.15) is 13.2 Å². The van der Waals surface area contributed by atoms with Crippen molar-refractivity contribution < 1.29 is 22.7 Å². The second-order valence-electron chi connectivity index (χ2n) is 10.2. The van der Waals surface area contributed by atoms with E-state index < -0.39 is 11.7 Å². The van der Waals surface area contributed by atoms with E-state index in [1.165, 1.54) is 17.3 Å². The van der Waals surface area contributed by atoms with Crippen molar-refractivity contribution in [2.45, 2.75) is 61.2 Å². The van der Waals surface area contributed by atoms with Crippen molar-refractivity contribution in [2.24, 2.45) is 10.9 Å². The monoisotopic (exact) mass is 518 g/mol. The number of halogens is 3. The molecule has 2 saturated heterocycles. The number of aromatic amines is 1. The highest BCUT2D eigenvalue weighted by Gasteiger charge is 2.41. The van der Waals surface area contributed by atoms with E-state index in [0.29, 0.717) is 34.3 Å². The number of carbonyl (C=O) groups is 1. The van der Waals surface area contributed by atoms with Crippen LogP contribution in [0.2, 0.25) is 0 Å². The first-order chi connectivity index (χ1) is 17.3. The van der Waals surface area contributed by atoms with Crippen LogP contribution in [-0.4, -0.2) is 69.7 Å². The summed E-state index contributed by atoms with van der Waals surface area (Å²) in [5.74, 6) is 0.507. The van der Waals surface area contributed by atoms with Gasteiger partial charge >= 0.3 is 6.18 Å². The number of fused-ring (bicyclic) bond motifs is 1. The SMILES string of the molecule is O=C(Cc1nc2c(C(F)(F)F)cccc2[nH]1)CC1CN(C2CCOC2)C[C@@H]1SC1CCC2=C1CC=N2. The summed E-state index contributed by atoms with van der Waals surface area (Å²) < 4.78 is 45.7. The number of hydrogen-bond acceptors (Lipinski definition) is 6. The molecule has 4 atom stereocenters. The Morgan fingerprint density at radius 2 is 2.14 bits per heavy atom. The Bertz CT molecular complexity index is 1220. The summed E-state index contributed by atoms with van der Waals surface area (Å²) in [6.45, 7) is 3.32. The van der Waals surface area contributed by atoms with Crippen LogP contribution in [0.4, 0.5) is 13.2 Å². The molecule has 3 unspecified atom stereocenters. The number of Topliss-reactive ketones (excluding diaryl/α,β-unsaturated/α-hetero) is 1. The molecule has 3 aliphatic heterocycles. The van der Waals surface area contributed by atoms with Crippen LogP contribution in [0.25, 0.3) is 11.0 Å². The van der Waals surface area contributed by atoms with Crippen LogP contribution in [-0.2, 0) is 22.1 Å². The molecule has 36 heavy (non-hydrogen) atoms. The fourth-order valence-corrected chi connectivity index (χ4v) is 7.83. The number of ether oxygens (including phenoxy) is 1. The smallest absolute Gasteiger partial charge is 0.380 e. The van der Waals surface area contributed by atoms with Gasteiger partial charge in [0.2, 0.25) is 0 Å². The van der Waals surface area contributed by atoms with E-state index in [1.54, 1.807) is 6.07 Å². The predicted molar refractivity (Wildman–Crippen MR) is 133 cm³/mol. The molecule has 0 radical (unpaired) electrons. The first kappa shape index (κ1) is 24.2. The quantitative estimate of drug-likeness (QED) is 0.571. The van der Waals surface area contributed by atoms with Crippen molar-refractivity contribution >= 4 is 34.8 Å². The maximum absolute atomic E-state index is 13.4. The molecule has 2 aromatic rings. The summed E-state index contributed by atoms with van der Waals surface area (Å²) in [7, 11) is 0. The number of nitrogens with zero attached hydrogens (tertiary/aromatic N) is 3. The average Bonchev–Trinajstić information content (AvgIpc) is 3.63. The number of likely N-dealkylation sites (tertiary alicyclic amines) is 1. The number of thioether (sulfide) groups is 1. The van der Waals surface area contributed by atoms with Crippen molar-refractivity contribution in [1.82, 2.24) is 14.9 Å². The van der Waals surface area contributed by atoms with Gasteiger partial charge in [0.15, 0.2) is 0 Å². The molecule has 192 valence electrons. The topological polar surface area (TPSA) is 70.6 Å². The number of aliphatic imine (C=N–C) groups is 1. The molecular formula is C26H29F3N4O2S. The Morgan fingerprint density at radius 3 is 2.94 bits per heavy atom. The van der Waals surface area contributed by atoms with Crippen LogP contribution in [0.5, 0.6) is 0 Å². The average molecular weight is 519 g/mol. The number of para-hydroxylation sites is 1. The minimum atomic E-state index is -4.49. The van der Waals surface area contributed by atoms with Crippen LogP contribution in [0.15, 0.2) is 34.5 Å². The van der Waals surface area contributed by atoms with Gasteiger partial charge in [-0.3, -0.25) is 14.7 Å². The summed E-state index contributed by atoms with van der Waals surface area (Å²) in [4.78, 5) is 27.3. The predicted octanol–water partition coefficient (Wildman–Crippen LogP) is 4.80. The first-order valence-corrected chi connectivity index (χ1v) is 13.6. The molecule has 2 fully saturated rings. The van der Waals surface area contributed by atoms with Crippen molar-refractivity contribution in [1.29, 1.82) is 0 Å². The zero-order valence-corrected chi connectivity index (χ0v) is 20.7. The van der Waals surface area contributed by atoms with E-state index in [-0.39, 0.29) is 23.6 Å². The number of H-pyrrole nitrogens is 1. The van der Waals surface area contributed by atoms with Crippen LogP contribution in [0.1, 0.15) is 43.5 Å². The second kappa shape index (κ2) is 9.61. The lowest BCUT2D eigenvalue weighted by atomic mass is 9.99. The molecule has 1 aliphatic carbocycles. The summed E-state index contributed by atoms with van der Waals surface area (Å²) in [5.41, 5.74) is 2.10. The third-order valence-electron chi connectivity index (χ3n) is 7.85. The van der Waals surface area contributed by atoms with Gasteiger partial charge in [-0.05, 0) is 42.9 Å². The van der Waals surface area contributed by atoms with Gasteiger partial charge in [0, 0.05) is 61.0 Å². The van der Waals surface area contributed by atoms with E-state index in [1.807, 2.05) is 18.0 Å². The van der Waals surface area contributed by atoms with Gasteiger partial charge in [-0.25, -0.2) is 4.98 Å². The highest BCUT2D eigenvalue weighted by atomic mass is 32.2. The highest BCUT2D eigenvalue weighted by Crippen LogP contribution is 2.45. The lowest BCUT2D eigenvalue weighted by molar-refractivity contribution is -0.136. The van der Waals surface area contributed by atoms with E-state index >= 15 is 0 Å². The van der Waals surface area contributed by atoms with Crippen LogP contribution in [0.3, 0.4) is 0 Å². The van der Waals surface area contributed by atoms with Crippen molar-refractivity contribution in [2.75, 3.05) is 26.3 Å². The van der Waals surface area contributed by atoms with Crippen LogP contribution in [0, 0.1) is 5.92 Å².